The highest BCUT2D eigenvalue weighted by Gasteiger charge is 2.25. The van der Waals surface area contributed by atoms with Crippen LogP contribution < -0.4 is 9.47 Å². The molecular formula is C19H26ClN3O2. The van der Waals surface area contributed by atoms with Gasteiger partial charge in [-0.25, -0.2) is 0 Å². The van der Waals surface area contributed by atoms with E-state index in [-0.39, 0.29) is 0 Å². The Kier molecular flexibility index (Phi) is 5.86. The Morgan fingerprint density at radius 1 is 1.24 bits per heavy atom. The zero-order valence-electron chi connectivity index (χ0n) is 15.1. The highest BCUT2D eigenvalue weighted by Crippen LogP contribution is 2.35. The van der Waals surface area contributed by atoms with Crippen molar-refractivity contribution >= 4 is 11.6 Å². The molecule has 2 heterocycles. The van der Waals surface area contributed by atoms with Crippen molar-refractivity contribution in [3.63, 3.8) is 0 Å². The highest BCUT2D eigenvalue weighted by atomic mass is 35.5. The second-order valence-electron chi connectivity index (χ2n) is 6.54. The van der Waals surface area contributed by atoms with Gasteiger partial charge in [-0.05, 0) is 43.0 Å². The fraction of sp³-hybridized carbons (Fsp3) is 0.526. The number of hydrogen-bond acceptors (Lipinski definition) is 4. The molecule has 0 saturated carbocycles. The number of H-pyrrole nitrogens is 1. The summed E-state index contributed by atoms with van der Waals surface area (Å²) in [4.78, 5) is 2.46. The molecule has 0 aliphatic carbocycles. The lowest BCUT2D eigenvalue weighted by Gasteiger charge is -2.33. The van der Waals surface area contributed by atoms with E-state index in [0.717, 1.165) is 42.4 Å². The van der Waals surface area contributed by atoms with E-state index in [1.807, 2.05) is 18.3 Å². The topological polar surface area (TPSA) is 50.4 Å². The summed E-state index contributed by atoms with van der Waals surface area (Å²) in [6, 6.07) is 3.82. The molecule has 25 heavy (non-hydrogen) atoms. The van der Waals surface area contributed by atoms with Gasteiger partial charge in [0.1, 0.15) is 0 Å². The van der Waals surface area contributed by atoms with Gasteiger partial charge in [0.05, 0.1) is 20.4 Å². The number of methoxy groups -OCH3 is 2. The zero-order valence-corrected chi connectivity index (χ0v) is 15.9. The molecule has 2 aromatic rings. The van der Waals surface area contributed by atoms with Gasteiger partial charge in [-0.1, -0.05) is 18.5 Å². The Hall–Kier alpha value is -1.72. The van der Waals surface area contributed by atoms with E-state index >= 15 is 0 Å². The first kappa shape index (κ1) is 18.1. The van der Waals surface area contributed by atoms with Crippen molar-refractivity contribution in [3.05, 3.63) is 40.2 Å². The summed E-state index contributed by atoms with van der Waals surface area (Å²) in [5.74, 6) is 1.89. The Balaban J connectivity index is 1.75. The smallest absolute Gasteiger partial charge is 0.162 e. The molecule has 0 unspecified atom stereocenters. The zero-order chi connectivity index (χ0) is 17.8. The van der Waals surface area contributed by atoms with Gasteiger partial charge in [0, 0.05) is 35.8 Å². The first-order chi connectivity index (χ1) is 12.2. The number of rotatable bonds is 6. The van der Waals surface area contributed by atoms with Crippen LogP contribution in [0.25, 0.3) is 0 Å². The summed E-state index contributed by atoms with van der Waals surface area (Å²) < 4.78 is 10.7. The summed E-state index contributed by atoms with van der Waals surface area (Å²) >= 11 is 6.46. The maximum absolute atomic E-state index is 6.46. The molecule has 5 nitrogen and oxygen atoms in total. The van der Waals surface area contributed by atoms with E-state index in [1.54, 1.807) is 14.2 Å². The van der Waals surface area contributed by atoms with Gasteiger partial charge < -0.3 is 9.47 Å². The van der Waals surface area contributed by atoms with Gasteiger partial charge in [-0.15, -0.1) is 0 Å². The third kappa shape index (κ3) is 3.93. The number of ether oxygens (including phenoxy) is 2. The van der Waals surface area contributed by atoms with Crippen molar-refractivity contribution in [1.82, 2.24) is 15.1 Å². The number of aromatic nitrogens is 2. The van der Waals surface area contributed by atoms with Crippen molar-refractivity contribution in [3.8, 4) is 11.5 Å². The summed E-state index contributed by atoms with van der Waals surface area (Å²) in [6.45, 7) is 5.08. The second-order valence-corrected chi connectivity index (χ2v) is 6.94. The quantitative estimate of drug-likeness (QED) is 0.842. The molecular weight excluding hydrogens is 338 g/mol. The van der Waals surface area contributed by atoms with Gasteiger partial charge in [0.2, 0.25) is 0 Å². The van der Waals surface area contributed by atoms with E-state index in [4.69, 9.17) is 21.1 Å². The van der Waals surface area contributed by atoms with Crippen LogP contribution in [-0.4, -0.2) is 42.4 Å². The molecule has 1 aliphatic heterocycles. The van der Waals surface area contributed by atoms with Crippen molar-refractivity contribution in [2.24, 2.45) is 0 Å². The van der Waals surface area contributed by atoms with E-state index in [1.165, 1.54) is 24.1 Å². The number of likely N-dealkylation sites (tertiary alicyclic amines) is 1. The maximum atomic E-state index is 6.46. The molecule has 6 heteroatoms. The van der Waals surface area contributed by atoms with E-state index in [9.17, 15) is 0 Å². The van der Waals surface area contributed by atoms with Gasteiger partial charge in [0.15, 0.2) is 11.5 Å². The van der Waals surface area contributed by atoms with E-state index in [2.05, 4.69) is 22.0 Å². The monoisotopic (exact) mass is 363 g/mol. The van der Waals surface area contributed by atoms with E-state index < -0.39 is 0 Å². The Morgan fingerprint density at radius 3 is 2.72 bits per heavy atom. The fourth-order valence-electron chi connectivity index (χ4n) is 3.65. The van der Waals surface area contributed by atoms with Crippen LogP contribution in [0, 0.1) is 0 Å². The number of nitrogens with zero attached hydrogens (tertiary/aromatic N) is 2. The molecule has 0 radical (unpaired) electrons. The molecule has 0 spiro atoms. The van der Waals surface area contributed by atoms with Crippen molar-refractivity contribution in [1.29, 1.82) is 0 Å². The maximum Gasteiger partial charge on any atom is 0.162 e. The predicted molar refractivity (Wildman–Crippen MR) is 99.8 cm³/mol. The van der Waals surface area contributed by atoms with Gasteiger partial charge in [-0.2, -0.15) is 5.10 Å². The highest BCUT2D eigenvalue weighted by molar-refractivity contribution is 6.31. The summed E-state index contributed by atoms with van der Waals surface area (Å²) in [6.07, 6.45) is 5.35. The fourth-order valence-corrected chi connectivity index (χ4v) is 3.86. The molecule has 1 aromatic carbocycles. The summed E-state index contributed by atoms with van der Waals surface area (Å²) in [5.41, 5.74) is 3.70. The van der Waals surface area contributed by atoms with Crippen LogP contribution >= 0.6 is 11.6 Å². The minimum atomic E-state index is 0.505. The van der Waals surface area contributed by atoms with Crippen LogP contribution in [0.4, 0.5) is 0 Å². The Morgan fingerprint density at radius 2 is 2.00 bits per heavy atom. The lowest BCUT2D eigenvalue weighted by Crippen LogP contribution is -2.34. The third-order valence-electron chi connectivity index (χ3n) is 4.99. The van der Waals surface area contributed by atoms with Gasteiger partial charge in [0.25, 0.3) is 0 Å². The SMILES string of the molecule is CCc1cn[nH]c1[C@H]1CCCN(Cc2cc(OC)c(OC)cc2Cl)C1. The van der Waals surface area contributed by atoms with Crippen molar-refractivity contribution in [2.45, 2.75) is 38.6 Å². The molecule has 136 valence electrons. The number of hydrogen-bond donors (Lipinski definition) is 1. The lowest BCUT2D eigenvalue weighted by molar-refractivity contribution is 0.198. The summed E-state index contributed by atoms with van der Waals surface area (Å²) in [7, 11) is 3.27. The van der Waals surface area contributed by atoms with Crippen LogP contribution in [0.5, 0.6) is 11.5 Å². The van der Waals surface area contributed by atoms with Crippen LogP contribution in [0.3, 0.4) is 0 Å². The van der Waals surface area contributed by atoms with Gasteiger partial charge in [-0.3, -0.25) is 10.00 Å². The normalized spacial score (nSPS) is 18.3. The molecule has 1 fully saturated rings. The largest absolute Gasteiger partial charge is 0.493 e. The van der Waals surface area contributed by atoms with Crippen LogP contribution in [0.15, 0.2) is 18.3 Å². The number of benzene rings is 1. The number of halogens is 1. The molecule has 0 amide bonds. The van der Waals surface area contributed by atoms with Crippen LogP contribution in [-0.2, 0) is 13.0 Å². The number of aromatic amines is 1. The molecule has 1 N–H and O–H groups in total. The molecule has 1 saturated heterocycles. The minimum absolute atomic E-state index is 0.505. The predicted octanol–water partition coefficient (Wildman–Crippen LogP) is 4.02. The Labute approximate surface area is 154 Å². The molecule has 1 aromatic heterocycles. The van der Waals surface area contributed by atoms with Crippen molar-refractivity contribution in [2.75, 3.05) is 27.3 Å². The van der Waals surface area contributed by atoms with Crippen LogP contribution in [0.1, 0.15) is 42.5 Å². The number of piperidine rings is 1. The van der Waals surface area contributed by atoms with Crippen molar-refractivity contribution < 1.29 is 9.47 Å². The Bertz CT molecular complexity index is 717. The lowest BCUT2D eigenvalue weighted by atomic mass is 9.91. The standard InChI is InChI=1S/C19H26ClN3O2/c1-4-13-10-21-22-19(13)14-6-5-7-23(11-14)12-15-8-17(24-2)18(25-3)9-16(15)20/h8-10,14H,4-7,11-12H2,1-3H3,(H,21,22)/t14-/m0/s1. The first-order valence-electron chi connectivity index (χ1n) is 8.81. The first-order valence-corrected chi connectivity index (χ1v) is 9.18. The molecule has 0 bridgehead atoms. The molecule has 1 aliphatic rings. The number of nitrogens with one attached hydrogen (secondary N) is 1. The van der Waals surface area contributed by atoms with Crippen LogP contribution in [0.2, 0.25) is 5.02 Å². The molecule has 1 atom stereocenters. The van der Waals surface area contributed by atoms with E-state index in [0.29, 0.717) is 11.7 Å². The summed E-state index contributed by atoms with van der Waals surface area (Å²) in [5, 5.41) is 8.17. The number of aryl methyl sites for hydroxylation is 1. The average molecular weight is 364 g/mol. The average Bonchev–Trinajstić information content (AvgIpc) is 3.12. The third-order valence-corrected chi connectivity index (χ3v) is 5.34. The molecule has 3 rings (SSSR count). The minimum Gasteiger partial charge on any atom is -0.493 e. The second kappa shape index (κ2) is 8.11. The van der Waals surface area contributed by atoms with Gasteiger partial charge >= 0.3 is 0 Å².